The first kappa shape index (κ1) is 29.2. The molecule has 1 fully saturated rings. The molecule has 9 N–H and O–H groups in total. The molecule has 1 unspecified atom stereocenters. The maximum absolute atomic E-state index is 11.6. The first-order valence-corrected chi connectivity index (χ1v) is 14.5. The lowest BCUT2D eigenvalue weighted by atomic mass is 9.63. The maximum atomic E-state index is 11.6. The van der Waals surface area contributed by atoms with Gasteiger partial charge in [-0.25, -0.2) is 0 Å². The summed E-state index contributed by atoms with van der Waals surface area (Å²) in [5.74, 6) is -2.15. The van der Waals surface area contributed by atoms with Crippen LogP contribution in [0.15, 0.2) is 72.8 Å². The van der Waals surface area contributed by atoms with Crippen molar-refractivity contribution in [2.45, 2.75) is 54.4 Å². The second kappa shape index (κ2) is 10.8. The molecule has 2 bridgehead atoms. The van der Waals surface area contributed by atoms with Crippen LogP contribution in [-0.4, -0.2) is 83.3 Å². The number of hydrogen-bond donors (Lipinski definition) is 9. The molecule has 0 spiro atoms. The molecule has 11 nitrogen and oxygen atoms in total. The lowest BCUT2D eigenvalue weighted by Crippen LogP contribution is -2.60. The molecule has 0 aromatic heterocycles. The van der Waals surface area contributed by atoms with Crippen molar-refractivity contribution in [2.24, 2.45) is 0 Å². The van der Waals surface area contributed by atoms with E-state index < -0.39 is 55.1 Å². The predicted molar refractivity (Wildman–Crippen MR) is 158 cm³/mol. The number of ether oxygens (including phenoxy) is 2. The van der Waals surface area contributed by atoms with Crippen LogP contribution in [0.4, 0.5) is 0 Å². The Morgan fingerprint density at radius 2 is 1.18 bits per heavy atom. The van der Waals surface area contributed by atoms with Gasteiger partial charge < -0.3 is 55.4 Å². The number of aliphatic hydroxyl groups is 4. The molecule has 3 aliphatic rings. The Hall–Kier alpha value is -4.52. The minimum absolute atomic E-state index is 0.0531. The summed E-state index contributed by atoms with van der Waals surface area (Å²) in [6.07, 6.45) is -7.59. The fraction of sp³-hybridized carbons (Fsp3) is 0.294. The molecule has 9 atom stereocenters. The Morgan fingerprint density at radius 1 is 0.578 bits per heavy atom. The molecule has 4 aromatic rings. The van der Waals surface area contributed by atoms with Crippen LogP contribution in [0.1, 0.15) is 57.1 Å². The lowest BCUT2D eigenvalue weighted by molar-refractivity contribution is -0.277. The molecule has 4 aromatic carbocycles. The van der Waals surface area contributed by atoms with Crippen LogP contribution >= 0.6 is 0 Å². The van der Waals surface area contributed by atoms with Crippen LogP contribution < -0.4 is 4.74 Å². The summed E-state index contributed by atoms with van der Waals surface area (Å²) in [5, 5.41) is 94.3. The fourth-order valence-corrected chi connectivity index (χ4v) is 7.50. The van der Waals surface area contributed by atoms with Gasteiger partial charge in [0.25, 0.3) is 0 Å². The molecule has 1 aliphatic heterocycles. The van der Waals surface area contributed by atoms with E-state index in [1.165, 1.54) is 12.1 Å². The molecule has 11 heteroatoms. The fourth-order valence-electron chi connectivity index (χ4n) is 7.50. The molecule has 1 saturated heterocycles. The largest absolute Gasteiger partial charge is 0.508 e. The minimum atomic E-state index is -1.67. The predicted octanol–water partition coefficient (Wildman–Crippen LogP) is 2.55. The molecular formula is C34H32O11. The normalized spacial score (nSPS) is 30.0. The summed E-state index contributed by atoms with van der Waals surface area (Å²) in [7, 11) is 0. The second-order valence-corrected chi connectivity index (χ2v) is 11.9. The second-order valence-electron chi connectivity index (χ2n) is 11.9. The topological polar surface area (TPSA) is 201 Å². The number of benzene rings is 4. The third-order valence-electron chi connectivity index (χ3n) is 9.39. The summed E-state index contributed by atoms with van der Waals surface area (Å²) in [4.78, 5) is 0. The number of phenols is 5. The van der Waals surface area contributed by atoms with Crippen LogP contribution in [0.5, 0.6) is 34.5 Å². The van der Waals surface area contributed by atoms with Crippen molar-refractivity contribution in [3.63, 3.8) is 0 Å². The zero-order chi connectivity index (χ0) is 31.7. The third kappa shape index (κ3) is 4.63. The van der Waals surface area contributed by atoms with E-state index in [1.807, 2.05) is 0 Å². The molecule has 0 saturated carbocycles. The summed E-state index contributed by atoms with van der Waals surface area (Å²) >= 11 is 0. The van der Waals surface area contributed by atoms with Crippen LogP contribution in [0.2, 0.25) is 0 Å². The Morgan fingerprint density at radius 3 is 1.82 bits per heavy atom. The third-order valence-corrected chi connectivity index (χ3v) is 9.39. The van der Waals surface area contributed by atoms with Crippen LogP contribution in [-0.2, 0) is 4.74 Å². The number of fused-ring (bicyclic) bond motifs is 7. The summed E-state index contributed by atoms with van der Waals surface area (Å²) in [5.41, 5.74) is 3.89. The Kier molecular flexibility index (Phi) is 7.03. The van der Waals surface area contributed by atoms with E-state index in [0.717, 1.165) is 11.1 Å². The molecule has 45 heavy (non-hydrogen) atoms. The van der Waals surface area contributed by atoms with Gasteiger partial charge in [-0.1, -0.05) is 24.3 Å². The molecule has 2 aliphatic carbocycles. The average molecular weight is 617 g/mol. The van der Waals surface area contributed by atoms with Crippen LogP contribution in [0.25, 0.3) is 0 Å². The quantitative estimate of drug-likeness (QED) is 0.160. The molecule has 0 amide bonds. The highest BCUT2D eigenvalue weighted by molar-refractivity contribution is 5.68. The van der Waals surface area contributed by atoms with Crippen molar-refractivity contribution in [1.29, 1.82) is 0 Å². The monoisotopic (exact) mass is 616 g/mol. The van der Waals surface area contributed by atoms with Crippen molar-refractivity contribution in [3.05, 3.63) is 106 Å². The van der Waals surface area contributed by atoms with Crippen molar-refractivity contribution >= 4 is 0 Å². The van der Waals surface area contributed by atoms with Crippen molar-refractivity contribution < 1.29 is 55.4 Å². The van der Waals surface area contributed by atoms with Gasteiger partial charge in [0.05, 0.1) is 6.61 Å². The highest BCUT2D eigenvalue weighted by Crippen LogP contribution is 2.68. The van der Waals surface area contributed by atoms with Crippen molar-refractivity contribution in [1.82, 2.24) is 0 Å². The van der Waals surface area contributed by atoms with E-state index in [0.29, 0.717) is 22.3 Å². The Bertz CT molecular complexity index is 1740. The Labute approximate surface area is 257 Å². The first-order valence-electron chi connectivity index (χ1n) is 14.5. The molecular weight excluding hydrogens is 584 g/mol. The van der Waals surface area contributed by atoms with Gasteiger partial charge in [-0.05, 0) is 58.7 Å². The standard InChI is InChI=1S/C34H32O11/c35-13-24-31(41)32(42)33(43)34(45-24)44-19-11-21-28(23(40)12-19)30-20-9-18(38)10-22(39)27(20)25(14-1-5-16(36)6-2-14)29(21)26(30)15-3-7-17(37)8-4-15/h1-12,24-26,29-43H,13H2/t24-,25-,26-,29+,30?,31-,32+,33-,34-/m1/s1. The van der Waals surface area contributed by atoms with Crippen molar-refractivity contribution in [3.8, 4) is 34.5 Å². The van der Waals surface area contributed by atoms with Gasteiger partial charge in [0.15, 0.2) is 0 Å². The SMILES string of the molecule is OC[C@H]1O[C@@H](Oc2cc(O)c3c(c2)[C@H]2[C@H](c4ccc(O)cc4)c4c(O)cc(O)cc4C3[C@@H]2c2ccc(O)cc2)[C@H](O)[C@@H](O)[C@@H]1O. The van der Waals surface area contributed by atoms with E-state index >= 15 is 0 Å². The lowest BCUT2D eigenvalue weighted by Gasteiger charge is -2.40. The van der Waals surface area contributed by atoms with Gasteiger partial charge in [0.1, 0.15) is 58.9 Å². The van der Waals surface area contributed by atoms with Gasteiger partial charge >= 0.3 is 0 Å². The number of aliphatic hydroxyl groups excluding tert-OH is 4. The molecule has 234 valence electrons. The number of aromatic hydroxyl groups is 5. The summed E-state index contributed by atoms with van der Waals surface area (Å²) in [6, 6.07) is 19.2. The molecule has 0 radical (unpaired) electrons. The highest BCUT2D eigenvalue weighted by atomic mass is 16.7. The highest BCUT2D eigenvalue weighted by Gasteiger charge is 2.54. The van der Waals surface area contributed by atoms with Gasteiger partial charge in [-0.15, -0.1) is 0 Å². The number of rotatable bonds is 5. The smallest absolute Gasteiger partial charge is 0.229 e. The summed E-state index contributed by atoms with van der Waals surface area (Å²) < 4.78 is 11.5. The van der Waals surface area contributed by atoms with E-state index in [-0.39, 0.29) is 40.4 Å². The van der Waals surface area contributed by atoms with E-state index in [1.54, 1.807) is 60.7 Å². The minimum Gasteiger partial charge on any atom is -0.508 e. The zero-order valence-corrected chi connectivity index (χ0v) is 23.7. The van der Waals surface area contributed by atoms with Gasteiger partial charge in [-0.2, -0.15) is 0 Å². The van der Waals surface area contributed by atoms with E-state index in [2.05, 4.69) is 0 Å². The first-order chi connectivity index (χ1) is 21.6. The zero-order valence-electron chi connectivity index (χ0n) is 23.7. The van der Waals surface area contributed by atoms with Gasteiger partial charge in [-0.3, -0.25) is 0 Å². The van der Waals surface area contributed by atoms with Crippen LogP contribution in [0.3, 0.4) is 0 Å². The average Bonchev–Trinajstić information content (AvgIpc) is 3.28. The molecule has 1 heterocycles. The van der Waals surface area contributed by atoms with E-state index in [9.17, 15) is 46.0 Å². The summed E-state index contributed by atoms with van der Waals surface area (Å²) in [6.45, 7) is -0.638. The number of hydrogen-bond acceptors (Lipinski definition) is 11. The van der Waals surface area contributed by atoms with Gasteiger partial charge in [0, 0.05) is 46.9 Å². The van der Waals surface area contributed by atoms with E-state index in [4.69, 9.17) is 9.47 Å². The van der Waals surface area contributed by atoms with Crippen LogP contribution in [0, 0.1) is 0 Å². The Balaban J connectivity index is 1.42. The maximum Gasteiger partial charge on any atom is 0.229 e. The molecule has 7 rings (SSSR count). The number of phenolic OH excluding ortho intramolecular Hbond substituents is 5. The van der Waals surface area contributed by atoms with Crippen molar-refractivity contribution in [2.75, 3.05) is 6.61 Å². The van der Waals surface area contributed by atoms with Gasteiger partial charge in [0.2, 0.25) is 6.29 Å².